The molecule has 1 N–H and O–H groups in total. The molecule has 0 atom stereocenters. The third kappa shape index (κ3) is 3.97. The number of anilines is 2. The monoisotopic (exact) mass is 429 g/mol. The Balaban J connectivity index is 1.40. The van der Waals surface area contributed by atoms with Gasteiger partial charge in [0.2, 0.25) is 5.95 Å². The highest BCUT2D eigenvalue weighted by atomic mass is 32.2. The smallest absolute Gasteiger partial charge is 0.228 e. The summed E-state index contributed by atoms with van der Waals surface area (Å²) in [4.78, 5) is 14.7. The molecule has 0 fully saturated rings. The van der Waals surface area contributed by atoms with Gasteiger partial charge in [0.15, 0.2) is 5.65 Å². The van der Waals surface area contributed by atoms with Crippen molar-refractivity contribution in [3.63, 3.8) is 0 Å². The molecule has 9 nitrogen and oxygen atoms in total. The predicted octanol–water partition coefficient (Wildman–Crippen LogP) is 3.37. The van der Waals surface area contributed by atoms with E-state index >= 15 is 0 Å². The average molecular weight is 430 g/mol. The van der Waals surface area contributed by atoms with Gasteiger partial charge in [0.1, 0.15) is 18.0 Å². The van der Waals surface area contributed by atoms with Crippen molar-refractivity contribution < 1.29 is 0 Å². The zero-order chi connectivity index (χ0) is 21.2. The molecule has 0 amide bonds. The Hall–Kier alpha value is -3.79. The van der Waals surface area contributed by atoms with Crippen molar-refractivity contribution in [1.29, 1.82) is 0 Å². The fourth-order valence-corrected chi connectivity index (χ4v) is 3.61. The van der Waals surface area contributed by atoms with Crippen molar-refractivity contribution >= 4 is 29.2 Å². The summed E-state index contributed by atoms with van der Waals surface area (Å²) in [5.41, 5.74) is 3.30. The molecule has 0 saturated carbocycles. The van der Waals surface area contributed by atoms with Crippen LogP contribution in [0.5, 0.6) is 0 Å². The van der Waals surface area contributed by atoms with Gasteiger partial charge >= 0.3 is 0 Å². The van der Waals surface area contributed by atoms with E-state index in [-0.39, 0.29) is 0 Å². The molecule has 4 aromatic heterocycles. The highest BCUT2D eigenvalue weighted by Gasteiger charge is 2.11. The molecule has 0 radical (unpaired) electrons. The maximum atomic E-state index is 4.58. The molecular weight excluding hydrogens is 410 g/mol. The molecule has 4 heterocycles. The number of hydrogen-bond acceptors (Lipinski definition) is 8. The van der Waals surface area contributed by atoms with Crippen LogP contribution < -0.4 is 5.32 Å². The lowest BCUT2D eigenvalue weighted by molar-refractivity contribution is 0.775. The number of rotatable bonds is 6. The lowest BCUT2D eigenvalue weighted by atomic mass is 10.1. The van der Waals surface area contributed by atoms with Crippen LogP contribution in [0.4, 0.5) is 11.8 Å². The van der Waals surface area contributed by atoms with Gasteiger partial charge in [0.05, 0.1) is 17.6 Å². The summed E-state index contributed by atoms with van der Waals surface area (Å²) in [5.74, 6) is 2.11. The number of hydrogen-bond donors (Lipinski definition) is 1. The van der Waals surface area contributed by atoms with Crippen LogP contribution in [0.3, 0.4) is 0 Å². The molecule has 5 aromatic rings. The third-order valence-corrected chi connectivity index (χ3v) is 5.61. The lowest BCUT2D eigenvalue weighted by Gasteiger charge is -2.07. The predicted molar refractivity (Wildman–Crippen MR) is 119 cm³/mol. The van der Waals surface area contributed by atoms with Crippen LogP contribution in [-0.2, 0) is 13.5 Å². The summed E-state index contributed by atoms with van der Waals surface area (Å²) >= 11 is 1.73. The molecule has 0 aliphatic carbocycles. The van der Waals surface area contributed by atoms with Gasteiger partial charge < -0.3 is 5.32 Å². The molecule has 5 rings (SSSR count). The molecular formula is C21H19N9S. The van der Waals surface area contributed by atoms with Crippen LogP contribution in [0.15, 0.2) is 66.1 Å². The first-order valence-corrected chi connectivity index (χ1v) is 10.8. The Labute approximate surface area is 182 Å². The minimum Gasteiger partial charge on any atom is -0.309 e. The highest BCUT2D eigenvalue weighted by Crippen LogP contribution is 2.20. The Morgan fingerprint density at radius 2 is 1.84 bits per heavy atom. The van der Waals surface area contributed by atoms with Crippen LogP contribution in [0.25, 0.3) is 17.0 Å². The second kappa shape index (κ2) is 8.15. The van der Waals surface area contributed by atoms with E-state index in [2.05, 4.69) is 66.1 Å². The fourth-order valence-electron chi connectivity index (χ4n) is 3.20. The van der Waals surface area contributed by atoms with Gasteiger partial charge in [0.25, 0.3) is 0 Å². The number of thioether (sulfide) groups is 1. The van der Waals surface area contributed by atoms with Crippen LogP contribution in [-0.4, -0.2) is 45.6 Å². The molecule has 0 bridgehead atoms. The molecule has 0 aliphatic rings. The third-order valence-electron chi connectivity index (χ3n) is 4.87. The zero-order valence-corrected chi connectivity index (χ0v) is 17.8. The van der Waals surface area contributed by atoms with Crippen LogP contribution in [0, 0.1) is 0 Å². The zero-order valence-electron chi connectivity index (χ0n) is 17.0. The molecule has 0 aliphatic heterocycles. The number of nitrogens with one attached hydrogen (secondary N) is 1. The van der Waals surface area contributed by atoms with Crippen molar-refractivity contribution in [3.05, 3.63) is 72.6 Å². The SMILES string of the molecule is CSc1ccc(Cc2nnc3cc(-c4ccnc(Nc5ccnn5C)n4)ncn23)cc1. The molecule has 10 heteroatoms. The standard InChI is InChI=1S/C21H19N9S/c1-29-18(8-10-24-29)26-21-22-9-7-16(25-21)17-12-20-28-27-19(30(20)13-23-17)11-14-3-5-15(31-2)6-4-14/h3-10,12-13H,11H2,1-2H3,(H,22,25,26). The topological polar surface area (TPSA) is 98.7 Å². The van der Waals surface area contributed by atoms with E-state index in [1.165, 1.54) is 10.5 Å². The van der Waals surface area contributed by atoms with Crippen molar-refractivity contribution in [2.24, 2.45) is 7.05 Å². The normalized spacial score (nSPS) is 11.2. The summed E-state index contributed by atoms with van der Waals surface area (Å²) < 4.78 is 3.62. The fraction of sp³-hybridized carbons (Fsp3) is 0.143. The Kier molecular flexibility index (Phi) is 5.04. The number of fused-ring (bicyclic) bond motifs is 1. The quantitative estimate of drug-likeness (QED) is 0.410. The molecule has 154 valence electrons. The number of nitrogens with zero attached hydrogens (tertiary/aromatic N) is 8. The van der Waals surface area contributed by atoms with E-state index in [1.54, 1.807) is 35.2 Å². The van der Waals surface area contributed by atoms with Crippen LogP contribution in [0.1, 0.15) is 11.4 Å². The molecule has 0 unspecified atom stereocenters. The molecule has 0 saturated heterocycles. The minimum absolute atomic E-state index is 0.471. The summed E-state index contributed by atoms with van der Waals surface area (Å²) in [6, 6.07) is 14.0. The molecule has 1 aromatic carbocycles. The van der Waals surface area contributed by atoms with Gasteiger partial charge in [-0.1, -0.05) is 12.1 Å². The Morgan fingerprint density at radius 1 is 0.968 bits per heavy atom. The Morgan fingerprint density at radius 3 is 2.61 bits per heavy atom. The van der Waals surface area contributed by atoms with Crippen molar-refractivity contribution in [2.45, 2.75) is 11.3 Å². The maximum absolute atomic E-state index is 4.58. The largest absolute Gasteiger partial charge is 0.309 e. The van der Waals surface area contributed by atoms with E-state index in [4.69, 9.17) is 0 Å². The van der Waals surface area contributed by atoms with Gasteiger partial charge in [-0.15, -0.1) is 22.0 Å². The van der Waals surface area contributed by atoms with Crippen molar-refractivity contribution in [2.75, 3.05) is 11.6 Å². The van der Waals surface area contributed by atoms with E-state index in [1.807, 2.05) is 29.6 Å². The van der Waals surface area contributed by atoms with Crippen molar-refractivity contribution in [1.82, 2.24) is 39.3 Å². The van der Waals surface area contributed by atoms with E-state index < -0.39 is 0 Å². The van der Waals surface area contributed by atoms with Crippen molar-refractivity contribution in [3.8, 4) is 11.4 Å². The first-order chi connectivity index (χ1) is 15.2. The Bertz CT molecular complexity index is 1340. The van der Waals surface area contributed by atoms with Gasteiger partial charge in [0, 0.05) is 36.7 Å². The second-order valence-corrected chi connectivity index (χ2v) is 7.75. The van der Waals surface area contributed by atoms with Gasteiger partial charge in [-0.25, -0.2) is 15.0 Å². The highest BCUT2D eigenvalue weighted by molar-refractivity contribution is 7.98. The number of benzene rings is 1. The average Bonchev–Trinajstić information content (AvgIpc) is 3.40. The molecule has 0 spiro atoms. The summed E-state index contributed by atoms with van der Waals surface area (Å²) in [5, 5.41) is 16.0. The first kappa shape index (κ1) is 19.2. The van der Waals surface area contributed by atoms with Gasteiger partial charge in [-0.3, -0.25) is 9.08 Å². The van der Waals surface area contributed by atoms with E-state index in [0.29, 0.717) is 23.8 Å². The maximum Gasteiger partial charge on any atom is 0.228 e. The number of aromatic nitrogens is 8. The summed E-state index contributed by atoms with van der Waals surface area (Å²) in [6.07, 6.45) is 7.90. The van der Waals surface area contributed by atoms with Gasteiger partial charge in [-0.2, -0.15) is 5.10 Å². The molecule has 31 heavy (non-hydrogen) atoms. The van der Waals surface area contributed by atoms with E-state index in [0.717, 1.165) is 17.3 Å². The van der Waals surface area contributed by atoms with Crippen LogP contribution in [0.2, 0.25) is 0 Å². The summed E-state index contributed by atoms with van der Waals surface area (Å²) in [6.45, 7) is 0. The summed E-state index contributed by atoms with van der Waals surface area (Å²) in [7, 11) is 1.85. The minimum atomic E-state index is 0.471. The number of aryl methyl sites for hydroxylation is 1. The van der Waals surface area contributed by atoms with E-state index in [9.17, 15) is 0 Å². The first-order valence-electron chi connectivity index (χ1n) is 9.60. The van der Waals surface area contributed by atoms with Crippen LogP contribution >= 0.6 is 11.8 Å². The van der Waals surface area contributed by atoms with Gasteiger partial charge in [-0.05, 0) is 30.0 Å². The second-order valence-electron chi connectivity index (χ2n) is 6.87. The lowest BCUT2D eigenvalue weighted by Crippen LogP contribution is -2.03.